The lowest BCUT2D eigenvalue weighted by molar-refractivity contribution is -0.944. The van der Waals surface area contributed by atoms with Gasteiger partial charge in [-0.15, -0.1) is 0 Å². The van der Waals surface area contributed by atoms with Crippen LogP contribution in [0.3, 0.4) is 0 Å². The summed E-state index contributed by atoms with van der Waals surface area (Å²) in [6.45, 7) is 2.10. The van der Waals surface area contributed by atoms with Gasteiger partial charge in [-0.1, -0.05) is 111 Å². The number of unbranched alkanes of at least 4 members (excludes halogenated alkanes) is 7. The van der Waals surface area contributed by atoms with Gasteiger partial charge in [-0.05, 0) is 36.1 Å². The maximum Gasteiger partial charge on any atom is 0.306 e. The Morgan fingerprint density at radius 3 is 1.19 bits per heavy atom. The van der Waals surface area contributed by atoms with Crippen LogP contribution in [0.2, 0.25) is 0 Å². The summed E-state index contributed by atoms with van der Waals surface area (Å²) < 4.78 is 14.2. The first-order chi connectivity index (χ1) is 25.3. The summed E-state index contributed by atoms with van der Waals surface area (Å²) in [6, 6.07) is 23.4. The van der Waals surface area contributed by atoms with E-state index >= 15 is 0 Å². The Bertz CT molecular complexity index is 1340. The number of carbonyl (C=O) groups excluding carboxylic acids is 2. The molecule has 0 saturated carbocycles. The second kappa shape index (κ2) is 21.9. The molecule has 4 aliphatic rings. The Hall–Kier alpha value is -2.26. The third-order valence-corrected chi connectivity index (χ3v) is 13.5. The molecule has 4 bridgehead atoms. The molecular formula is C46H66Br2N2O4. The molecule has 0 N–H and O–H groups in total. The predicted octanol–water partition coefficient (Wildman–Crippen LogP) is 3.69. The number of ether oxygens (including phenoxy) is 2. The Kier molecular flexibility index (Phi) is 18.0. The Morgan fingerprint density at radius 1 is 0.537 bits per heavy atom. The molecule has 8 heteroatoms. The fraction of sp³-hybridized carbons (Fsp3) is 0.609. The number of rotatable bonds is 19. The first-order valence-corrected chi connectivity index (χ1v) is 20.8. The number of halogens is 2. The van der Waals surface area contributed by atoms with Gasteiger partial charge in [0.25, 0.3) is 0 Å². The zero-order valence-electron chi connectivity index (χ0n) is 33.0. The molecule has 4 saturated heterocycles. The molecular weight excluding hydrogens is 804 g/mol. The second-order valence-electron chi connectivity index (χ2n) is 16.9. The Balaban J connectivity index is 0.00000325. The van der Waals surface area contributed by atoms with Gasteiger partial charge in [-0.2, -0.15) is 0 Å². The molecule has 4 aliphatic heterocycles. The molecule has 6 nitrogen and oxygen atoms in total. The number of benzene rings is 2. The number of nitrogens with zero attached hydrogens (tertiary/aromatic N) is 2. The monoisotopic (exact) mass is 868 g/mol. The molecule has 54 heavy (non-hydrogen) atoms. The predicted molar refractivity (Wildman–Crippen MR) is 211 cm³/mol. The first kappa shape index (κ1) is 44.5. The lowest BCUT2D eigenvalue weighted by Gasteiger charge is -2.46. The number of likely N-dealkylation sites (N-methyl/N-ethyl adjacent to an activating group) is 2. The summed E-state index contributed by atoms with van der Waals surface area (Å²) in [4.78, 5) is 25.4. The molecule has 0 amide bonds. The van der Waals surface area contributed by atoms with Crippen molar-refractivity contribution in [1.29, 1.82) is 0 Å². The van der Waals surface area contributed by atoms with Crippen LogP contribution in [0.15, 0.2) is 72.8 Å². The number of hydrogen-bond acceptors (Lipinski definition) is 4. The fourth-order valence-electron chi connectivity index (χ4n) is 10.2. The van der Waals surface area contributed by atoms with Gasteiger partial charge >= 0.3 is 11.9 Å². The maximum atomic E-state index is 12.7. The summed E-state index contributed by atoms with van der Waals surface area (Å²) in [6.07, 6.45) is 28.2. The van der Waals surface area contributed by atoms with E-state index < -0.39 is 0 Å². The van der Waals surface area contributed by atoms with Crippen LogP contribution >= 0.6 is 0 Å². The summed E-state index contributed by atoms with van der Waals surface area (Å²) in [7, 11) is 4.82. The van der Waals surface area contributed by atoms with Gasteiger partial charge in [0.15, 0.2) is 0 Å². The topological polar surface area (TPSA) is 52.6 Å². The third kappa shape index (κ3) is 12.1. The summed E-state index contributed by atoms with van der Waals surface area (Å²) in [5, 5.41) is 0. The normalized spacial score (nSPS) is 29.8. The zero-order chi connectivity index (χ0) is 36.2. The average molecular weight is 871 g/mol. The second-order valence-corrected chi connectivity index (χ2v) is 16.9. The van der Waals surface area contributed by atoms with E-state index in [4.69, 9.17) is 9.47 Å². The van der Waals surface area contributed by atoms with Gasteiger partial charge in [0.2, 0.25) is 0 Å². The minimum absolute atomic E-state index is 0. The quantitative estimate of drug-likeness (QED) is 0.123. The third-order valence-electron chi connectivity index (χ3n) is 13.5. The highest BCUT2D eigenvalue weighted by atomic mass is 79.9. The van der Waals surface area contributed by atoms with Crippen molar-refractivity contribution < 1.29 is 62.0 Å². The van der Waals surface area contributed by atoms with Gasteiger partial charge in [0.05, 0.1) is 51.4 Å². The minimum Gasteiger partial charge on any atom is -1.00 e. The van der Waals surface area contributed by atoms with Crippen molar-refractivity contribution in [3.63, 3.8) is 0 Å². The van der Waals surface area contributed by atoms with Crippen LogP contribution in [-0.4, -0.2) is 84.5 Å². The van der Waals surface area contributed by atoms with Crippen molar-refractivity contribution in [2.75, 3.05) is 27.2 Å². The van der Waals surface area contributed by atoms with Crippen LogP contribution in [0.25, 0.3) is 12.2 Å². The highest BCUT2D eigenvalue weighted by Crippen LogP contribution is 2.43. The number of piperidine rings is 2. The number of esters is 2. The average Bonchev–Trinajstić information content (AvgIpc) is 3.37. The summed E-state index contributed by atoms with van der Waals surface area (Å²) >= 11 is 0. The molecule has 4 unspecified atom stereocenters. The van der Waals surface area contributed by atoms with E-state index in [9.17, 15) is 9.59 Å². The first-order valence-electron chi connectivity index (χ1n) is 20.8. The molecule has 0 radical (unpaired) electrons. The molecule has 2 aromatic rings. The van der Waals surface area contributed by atoms with E-state index in [1.54, 1.807) is 0 Å². The van der Waals surface area contributed by atoms with Crippen molar-refractivity contribution in [3.8, 4) is 0 Å². The van der Waals surface area contributed by atoms with Gasteiger partial charge in [-0.3, -0.25) is 9.59 Å². The maximum absolute atomic E-state index is 12.7. The van der Waals surface area contributed by atoms with Crippen LogP contribution in [0.4, 0.5) is 0 Å². The van der Waals surface area contributed by atoms with E-state index in [-0.39, 0.29) is 58.1 Å². The van der Waals surface area contributed by atoms with Crippen molar-refractivity contribution in [2.45, 2.75) is 152 Å². The Morgan fingerprint density at radius 2 is 0.852 bits per heavy atom. The van der Waals surface area contributed by atoms with E-state index in [2.05, 4.69) is 99.1 Å². The van der Waals surface area contributed by atoms with Crippen LogP contribution < -0.4 is 34.0 Å². The van der Waals surface area contributed by atoms with Gasteiger partial charge in [0.1, 0.15) is 12.2 Å². The molecule has 2 aromatic carbocycles. The molecule has 0 aliphatic carbocycles. The van der Waals surface area contributed by atoms with Crippen molar-refractivity contribution in [1.82, 2.24) is 0 Å². The number of hydrogen-bond donors (Lipinski definition) is 0. The summed E-state index contributed by atoms with van der Waals surface area (Å²) in [5.74, 6) is 0.00243. The standard InChI is InChI=1S/C46H66N2O4.2BrH/c1-47(31-17-23-37-19-11-9-12-20-37)39-27-28-40(47)34-43(33-39)51-45(49)25-15-7-5-3-4-6-8-16-26-46(50)52-44-35-41-29-30-42(36-44)48(41,2)32-18-24-38-21-13-10-14-22-38;;/h9-14,17-24,39-44H,3-8,15-16,25-36H2,1-2H3;2*1H/q+2;;/p-2/t39-,40+,41-,42+,43?,44?,47?,48?;;. The molecule has 0 aromatic heterocycles. The lowest BCUT2D eigenvalue weighted by atomic mass is 9.96. The van der Waals surface area contributed by atoms with Gasteiger partial charge < -0.3 is 52.4 Å². The molecule has 4 heterocycles. The minimum atomic E-state index is 0. The highest BCUT2D eigenvalue weighted by Gasteiger charge is 2.53. The number of carbonyl (C=O) groups is 2. The van der Waals surface area contributed by atoms with E-state index in [1.165, 1.54) is 62.5 Å². The van der Waals surface area contributed by atoms with E-state index in [0.717, 1.165) is 73.4 Å². The SMILES string of the molecule is C[N+]1(CC=Cc2ccccc2)[C@@H]2CC[C@H]1CC(OC(=O)CCCCCCCCCCC(=O)OC1C[C@H]3CC[C@@H](C1)[N+]3(C)CC=Cc1ccccc1)C2.[Br-].[Br-]. The van der Waals surface area contributed by atoms with Gasteiger partial charge in [0, 0.05) is 64.2 Å². The molecule has 8 atom stereocenters. The lowest BCUT2D eigenvalue weighted by Crippen LogP contribution is -3.00. The van der Waals surface area contributed by atoms with Crippen LogP contribution in [0.5, 0.6) is 0 Å². The molecule has 0 spiro atoms. The van der Waals surface area contributed by atoms with Gasteiger partial charge in [-0.25, -0.2) is 0 Å². The van der Waals surface area contributed by atoms with Crippen LogP contribution in [0, 0.1) is 0 Å². The Labute approximate surface area is 347 Å². The van der Waals surface area contributed by atoms with Crippen molar-refractivity contribution >= 4 is 24.1 Å². The molecule has 4 fully saturated rings. The van der Waals surface area contributed by atoms with Crippen LogP contribution in [0.1, 0.15) is 127 Å². The van der Waals surface area contributed by atoms with Crippen molar-refractivity contribution in [3.05, 3.63) is 83.9 Å². The highest BCUT2D eigenvalue weighted by molar-refractivity contribution is 5.69. The van der Waals surface area contributed by atoms with E-state index in [0.29, 0.717) is 37.0 Å². The number of fused-ring (bicyclic) bond motifs is 4. The van der Waals surface area contributed by atoms with Crippen LogP contribution in [-0.2, 0) is 19.1 Å². The summed E-state index contributed by atoms with van der Waals surface area (Å²) in [5.41, 5.74) is 2.51. The smallest absolute Gasteiger partial charge is 0.306 e. The number of quaternary nitrogens is 2. The fourth-order valence-corrected chi connectivity index (χ4v) is 10.2. The zero-order valence-corrected chi connectivity index (χ0v) is 36.1. The molecule has 6 rings (SSSR count). The molecule has 298 valence electrons. The van der Waals surface area contributed by atoms with E-state index in [1.807, 2.05) is 0 Å². The van der Waals surface area contributed by atoms with Crippen molar-refractivity contribution in [2.24, 2.45) is 0 Å². The largest absolute Gasteiger partial charge is 1.00 e.